The number of rotatable bonds is 7. The Morgan fingerprint density at radius 3 is 2.61 bits per heavy atom. The summed E-state index contributed by atoms with van der Waals surface area (Å²) in [5.74, 6) is 0.937. The molecule has 6 nitrogen and oxygen atoms in total. The van der Waals surface area contributed by atoms with Crippen LogP contribution < -0.4 is 15.8 Å². The van der Waals surface area contributed by atoms with Crippen LogP contribution >= 0.6 is 17.0 Å². The van der Waals surface area contributed by atoms with E-state index < -0.39 is 0 Å². The van der Waals surface area contributed by atoms with Crippen molar-refractivity contribution in [3.8, 4) is 5.88 Å². The van der Waals surface area contributed by atoms with Gasteiger partial charge in [0, 0.05) is 25.1 Å². The molecule has 2 rings (SSSR count). The Labute approximate surface area is 146 Å². The normalized spacial score (nSPS) is 10.7. The van der Waals surface area contributed by atoms with Crippen molar-refractivity contribution in [1.29, 1.82) is 0 Å². The second-order valence-corrected chi connectivity index (χ2v) is 4.54. The van der Waals surface area contributed by atoms with Gasteiger partial charge in [-0.2, -0.15) is 0 Å². The highest BCUT2D eigenvalue weighted by atomic mass is 79.9. The fourth-order valence-electron chi connectivity index (χ4n) is 1.70. The quantitative estimate of drug-likeness (QED) is 0.438. The molecule has 0 amide bonds. The highest BCUT2D eigenvalue weighted by Gasteiger charge is 1.98. The zero-order chi connectivity index (χ0) is 15.6. The van der Waals surface area contributed by atoms with Gasteiger partial charge in [-0.05, 0) is 17.7 Å². The van der Waals surface area contributed by atoms with Gasteiger partial charge in [0.05, 0.1) is 13.2 Å². The number of aromatic nitrogens is 1. The summed E-state index contributed by atoms with van der Waals surface area (Å²) in [5, 5.41) is 3.03. The first kappa shape index (κ1) is 18.9. The number of hydrogen-bond donors (Lipinski definition) is 2. The Morgan fingerprint density at radius 2 is 1.96 bits per heavy atom. The summed E-state index contributed by atoms with van der Waals surface area (Å²) < 4.78 is 10.3. The van der Waals surface area contributed by atoms with Crippen LogP contribution in [0, 0.1) is 0 Å². The molecule has 0 saturated heterocycles. The topological polar surface area (TPSA) is 81.8 Å². The molecule has 0 aliphatic rings. The Balaban J connectivity index is 0.00000264. The average Bonchev–Trinajstić information content (AvgIpc) is 2.55. The predicted molar refractivity (Wildman–Crippen MR) is 97.3 cm³/mol. The number of ether oxygens (including phenoxy) is 2. The number of nitrogens with one attached hydrogen (secondary N) is 1. The first-order chi connectivity index (χ1) is 10.8. The van der Waals surface area contributed by atoms with E-state index >= 15 is 0 Å². The van der Waals surface area contributed by atoms with Crippen molar-refractivity contribution in [2.75, 3.05) is 25.6 Å². The number of aliphatic imine (C=N–C) groups is 1. The molecule has 3 N–H and O–H groups in total. The Hall–Kier alpha value is -2.12. The molecule has 0 spiro atoms. The molecule has 0 atom stereocenters. The number of methoxy groups -OCH3 is 1. The first-order valence-electron chi connectivity index (χ1n) is 6.96. The molecule has 0 fully saturated rings. The van der Waals surface area contributed by atoms with Gasteiger partial charge in [0.1, 0.15) is 6.61 Å². The maximum absolute atomic E-state index is 5.84. The molecule has 1 aromatic carbocycles. The van der Waals surface area contributed by atoms with Crippen molar-refractivity contribution in [3.05, 3.63) is 54.2 Å². The molecule has 0 aliphatic heterocycles. The summed E-state index contributed by atoms with van der Waals surface area (Å²) in [5.41, 5.74) is 7.71. The van der Waals surface area contributed by atoms with E-state index in [0.29, 0.717) is 31.6 Å². The number of halogens is 1. The highest BCUT2D eigenvalue weighted by Crippen LogP contribution is 2.09. The lowest BCUT2D eigenvalue weighted by Crippen LogP contribution is -2.22. The summed E-state index contributed by atoms with van der Waals surface area (Å²) in [6.07, 6.45) is 1.72. The van der Waals surface area contributed by atoms with E-state index in [9.17, 15) is 0 Å². The minimum absolute atomic E-state index is 0. The van der Waals surface area contributed by atoms with Crippen LogP contribution in [-0.4, -0.2) is 31.3 Å². The molecule has 1 heterocycles. The fraction of sp³-hybridized carbons (Fsp3) is 0.250. The van der Waals surface area contributed by atoms with Crippen LogP contribution in [-0.2, 0) is 11.3 Å². The molecular formula is C16H21BrN4O2. The Morgan fingerprint density at radius 1 is 1.17 bits per heavy atom. The van der Waals surface area contributed by atoms with Crippen molar-refractivity contribution in [2.45, 2.75) is 6.54 Å². The van der Waals surface area contributed by atoms with E-state index in [1.54, 1.807) is 19.4 Å². The molecule has 124 valence electrons. The molecule has 7 heteroatoms. The second kappa shape index (κ2) is 10.6. The van der Waals surface area contributed by atoms with Gasteiger partial charge in [0.25, 0.3) is 0 Å². The third kappa shape index (κ3) is 7.12. The highest BCUT2D eigenvalue weighted by molar-refractivity contribution is 8.93. The van der Waals surface area contributed by atoms with Gasteiger partial charge in [-0.3, -0.25) is 0 Å². The molecule has 23 heavy (non-hydrogen) atoms. The van der Waals surface area contributed by atoms with Gasteiger partial charge < -0.3 is 20.5 Å². The third-order valence-corrected chi connectivity index (χ3v) is 2.81. The number of guanidine groups is 1. The standard InChI is InChI=1S/C16H20N4O2.BrH/c1-21-9-10-22-15-8-7-13(11-18-15)12-19-16(17)20-14-5-3-2-4-6-14;/h2-8,11H,9-10,12H2,1H3,(H3,17,19,20);1H. The van der Waals surface area contributed by atoms with E-state index in [0.717, 1.165) is 11.3 Å². The lowest BCUT2D eigenvalue weighted by molar-refractivity contribution is 0.143. The summed E-state index contributed by atoms with van der Waals surface area (Å²) in [6.45, 7) is 1.47. The van der Waals surface area contributed by atoms with Crippen molar-refractivity contribution >= 4 is 28.6 Å². The Kier molecular flexibility index (Phi) is 8.71. The molecule has 0 radical (unpaired) electrons. The molecule has 2 aromatic rings. The van der Waals surface area contributed by atoms with E-state index in [1.165, 1.54) is 0 Å². The SMILES string of the molecule is Br.COCCOc1ccc(CN=C(N)Nc2ccccc2)cn1. The Bertz CT molecular complexity index is 591. The molecule has 0 saturated carbocycles. The van der Waals surface area contributed by atoms with Gasteiger partial charge in [0.2, 0.25) is 5.88 Å². The number of benzene rings is 1. The number of anilines is 1. The molecule has 1 aromatic heterocycles. The number of pyridine rings is 1. The monoisotopic (exact) mass is 380 g/mol. The molecule has 0 bridgehead atoms. The number of nitrogens with zero attached hydrogens (tertiary/aromatic N) is 2. The van der Waals surface area contributed by atoms with Crippen LogP contribution in [0.15, 0.2) is 53.7 Å². The number of nitrogens with two attached hydrogens (primary N) is 1. The fourth-order valence-corrected chi connectivity index (χ4v) is 1.70. The predicted octanol–water partition coefficient (Wildman–Crippen LogP) is 2.61. The van der Waals surface area contributed by atoms with Gasteiger partial charge in [-0.25, -0.2) is 9.98 Å². The summed E-state index contributed by atoms with van der Waals surface area (Å²) in [4.78, 5) is 8.48. The van der Waals surface area contributed by atoms with Gasteiger partial charge in [-0.15, -0.1) is 17.0 Å². The maximum atomic E-state index is 5.84. The van der Waals surface area contributed by atoms with Crippen LogP contribution in [0.4, 0.5) is 5.69 Å². The van der Waals surface area contributed by atoms with Crippen LogP contribution in [0.5, 0.6) is 5.88 Å². The zero-order valence-corrected chi connectivity index (χ0v) is 14.6. The third-order valence-electron chi connectivity index (χ3n) is 2.81. The number of para-hydroxylation sites is 1. The number of hydrogen-bond acceptors (Lipinski definition) is 4. The zero-order valence-electron chi connectivity index (χ0n) is 12.9. The largest absolute Gasteiger partial charge is 0.475 e. The van der Waals surface area contributed by atoms with Crippen molar-refractivity contribution < 1.29 is 9.47 Å². The minimum atomic E-state index is 0. The maximum Gasteiger partial charge on any atom is 0.213 e. The smallest absolute Gasteiger partial charge is 0.213 e. The van der Waals surface area contributed by atoms with Gasteiger partial charge >= 0.3 is 0 Å². The minimum Gasteiger partial charge on any atom is -0.475 e. The van der Waals surface area contributed by atoms with Gasteiger partial charge in [0.15, 0.2) is 5.96 Å². The first-order valence-corrected chi connectivity index (χ1v) is 6.96. The summed E-state index contributed by atoms with van der Waals surface area (Å²) in [7, 11) is 1.63. The average molecular weight is 381 g/mol. The van der Waals surface area contributed by atoms with Gasteiger partial charge in [-0.1, -0.05) is 24.3 Å². The van der Waals surface area contributed by atoms with E-state index in [-0.39, 0.29) is 17.0 Å². The van der Waals surface area contributed by atoms with E-state index in [4.69, 9.17) is 15.2 Å². The van der Waals surface area contributed by atoms with Crippen molar-refractivity contribution in [2.24, 2.45) is 10.7 Å². The van der Waals surface area contributed by atoms with Crippen molar-refractivity contribution in [3.63, 3.8) is 0 Å². The summed E-state index contributed by atoms with van der Waals surface area (Å²) in [6, 6.07) is 13.4. The van der Waals surface area contributed by atoms with E-state index in [1.807, 2.05) is 36.4 Å². The molecule has 0 aliphatic carbocycles. The molecular weight excluding hydrogens is 360 g/mol. The van der Waals surface area contributed by atoms with Crippen LogP contribution in [0.1, 0.15) is 5.56 Å². The lowest BCUT2D eigenvalue weighted by atomic mass is 10.3. The second-order valence-electron chi connectivity index (χ2n) is 4.54. The van der Waals surface area contributed by atoms with Crippen molar-refractivity contribution in [1.82, 2.24) is 4.98 Å². The van der Waals surface area contributed by atoms with Crippen LogP contribution in [0.3, 0.4) is 0 Å². The molecule has 0 unspecified atom stereocenters. The summed E-state index contributed by atoms with van der Waals surface area (Å²) >= 11 is 0. The lowest BCUT2D eigenvalue weighted by Gasteiger charge is -2.06. The van der Waals surface area contributed by atoms with E-state index in [2.05, 4.69) is 15.3 Å². The van der Waals surface area contributed by atoms with Crippen LogP contribution in [0.25, 0.3) is 0 Å². The van der Waals surface area contributed by atoms with Crippen LogP contribution in [0.2, 0.25) is 0 Å².